The normalized spacial score (nSPS) is 21.4. The number of halogens is 1. The molecule has 1 atom stereocenters. The van der Waals surface area contributed by atoms with E-state index in [0.717, 1.165) is 31.1 Å². The Labute approximate surface area is 185 Å². The first-order valence-corrected chi connectivity index (χ1v) is 11.6. The quantitative estimate of drug-likeness (QED) is 0.708. The average molecular weight is 449 g/mol. The van der Waals surface area contributed by atoms with Crippen LogP contribution in [0.3, 0.4) is 0 Å². The Balaban J connectivity index is 1.33. The SMILES string of the molecule is COCC1CCCN1Cc1nc(C2(O)CCN(C(=O)Nc3cccc(F)c3)CC2)cs1. The highest BCUT2D eigenvalue weighted by Crippen LogP contribution is 2.34. The number of piperidine rings is 1. The van der Waals surface area contributed by atoms with Crippen LogP contribution in [0.5, 0.6) is 0 Å². The number of hydrogen-bond donors (Lipinski definition) is 2. The van der Waals surface area contributed by atoms with Gasteiger partial charge < -0.3 is 20.1 Å². The maximum Gasteiger partial charge on any atom is 0.321 e. The number of aliphatic hydroxyl groups is 1. The van der Waals surface area contributed by atoms with E-state index < -0.39 is 11.4 Å². The van der Waals surface area contributed by atoms with Crippen LogP contribution in [0.25, 0.3) is 0 Å². The fraction of sp³-hybridized carbons (Fsp3) is 0.545. The predicted octanol–water partition coefficient (Wildman–Crippen LogP) is 3.41. The second-order valence-corrected chi connectivity index (χ2v) is 9.25. The summed E-state index contributed by atoms with van der Waals surface area (Å²) in [5, 5.41) is 16.8. The number of likely N-dealkylation sites (tertiary alicyclic amines) is 2. The van der Waals surface area contributed by atoms with Gasteiger partial charge in [0.25, 0.3) is 0 Å². The second-order valence-electron chi connectivity index (χ2n) is 8.31. The third kappa shape index (κ3) is 5.23. The van der Waals surface area contributed by atoms with Crippen LogP contribution in [-0.4, -0.2) is 65.3 Å². The van der Waals surface area contributed by atoms with Gasteiger partial charge in [-0.2, -0.15) is 0 Å². The number of nitrogens with zero attached hydrogens (tertiary/aromatic N) is 3. The van der Waals surface area contributed by atoms with E-state index in [-0.39, 0.29) is 6.03 Å². The Kier molecular flexibility index (Phi) is 6.86. The molecule has 2 aliphatic rings. The van der Waals surface area contributed by atoms with E-state index in [9.17, 15) is 14.3 Å². The molecule has 2 N–H and O–H groups in total. The molecule has 1 aromatic carbocycles. The Morgan fingerprint density at radius 2 is 2.19 bits per heavy atom. The fourth-order valence-electron chi connectivity index (χ4n) is 4.36. The molecule has 4 rings (SSSR count). The molecule has 2 saturated heterocycles. The number of carbonyl (C=O) groups excluding carboxylic acids is 1. The summed E-state index contributed by atoms with van der Waals surface area (Å²) in [5.74, 6) is -0.396. The number of ether oxygens (including phenoxy) is 1. The Bertz CT molecular complexity index is 900. The molecule has 1 unspecified atom stereocenters. The summed E-state index contributed by atoms with van der Waals surface area (Å²) in [6.45, 7) is 3.37. The monoisotopic (exact) mass is 448 g/mol. The molecule has 2 amide bonds. The minimum absolute atomic E-state index is 0.287. The summed E-state index contributed by atoms with van der Waals surface area (Å²) in [6, 6.07) is 5.96. The number of hydrogen-bond acceptors (Lipinski definition) is 6. The van der Waals surface area contributed by atoms with Gasteiger partial charge in [0.2, 0.25) is 0 Å². The van der Waals surface area contributed by atoms with E-state index in [2.05, 4.69) is 10.2 Å². The molecule has 7 nitrogen and oxygen atoms in total. The van der Waals surface area contributed by atoms with Crippen LogP contribution in [-0.2, 0) is 16.9 Å². The van der Waals surface area contributed by atoms with Crippen LogP contribution in [0.4, 0.5) is 14.9 Å². The van der Waals surface area contributed by atoms with Crippen molar-refractivity contribution >= 4 is 23.1 Å². The summed E-state index contributed by atoms with van der Waals surface area (Å²) < 4.78 is 18.7. The maximum atomic E-state index is 13.3. The van der Waals surface area contributed by atoms with Gasteiger partial charge in [0.05, 0.1) is 18.8 Å². The highest BCUT2D eigenvalue weighted by Gasteiger charge is 2.37. The second kappa shape index (κ2) is 9.60. The van der Waals surface area contributed by atoms with Crippen LogP contribution >= 0.6 is 11.3 Å². The van der Waals surface area contributed by atoms with Crippen molar-refractivity contribution in [1.29, 1.82) is 0 Å². The maximum absolute atomic E-state index is 13.3. The number of rotatable bonds is 6. The molecule has 168 valence electrons. The van der Waals surface area contributed by atoms with Gasteiger partial charge in [0, 0.05) is 37.3 Å². The van der Waals surface area contributed by atoms with Crippen molar-refractivity contribution in [3.05, 3.63) is 46.2 Å². The van der Waals surface area contributed by atoms with Gasteiger partial charge in [-0.3, -0.25) is 4.90 Å². The molecule has 0 spiro atoms. The molecule has 2 aliphatic heterocycles. The van der Waals surface area contributed by atoms with Crippen LogP contribution < -0.4 is 5.32 Å². The highest BCUT2D eigenvalue weighted by molar-refractivity contribution is 7.09. The summed E-state index contributed by atoms with van der Waals surface area (Å²) in [6.07, 6.45) is 3.15. The summed E-state index contributed by atoms with van der Waals surface area (Å²) >= 11 is 1.58. The zero-order valence-corrected chi connectivity index (χ0v) is 18.5. The van der Waals surface area contributed by atoms with E-state index in [1.807, 2.05) is 5.38 Å². The van der Waals surface area contributed by atoms with Crippen molar-refractivity contribution in [2.24, 2.45) is 0 Å². The smallest absolute Gasteiger partial charge is 0.321 e. The van der Waals surface area contributed by atoms with Crippen molar-refractivity contribution in [1.82, 2.24) is 14.8 Å². The van der Waals surface area contributed by atoms with Gasteiger partial charge in [-0.15, -0.1) is 11.3 Å². The first-order chi connectivity index (χ1) is 15.0. The Morgan fingerprint density at radius 1 is 1.39 bits per heavy atom. The molecule has 2 aromatic rings. The number of aromatic nitrogens is 1. The number of nitrogens with one attached hydrogen (secondary N) is 1. The van der Waals surface area contributed by atoms with E-state index in [1.54, 1.807) is 35.5 Å². The largest absolute Gasteiger partial charge is 0.383 e. The Hall–Kier alpha value is -2.07. The molecule has 1 aromatic heterocycles. The van der Waals surface area contributed by atoms with Gasteiger partial charge in [0.15, 0.2) is 0 Å². The topological polar surface area (TPSA) is 77.9 Å². The van der Waals surface area contributed by atoms with Crippen molar-refractivity contribution in [2.75, 3.05) is 38.7 Å². The van der Waals surface area contributed by atoms with Crippen molar-refractivity contribution in [3.63, 3.8) is 0 Å². The predicted molar refractivity (Wildman–Crippen MR) is 118 cm³/mol. The molecule has 0 aliphatic carbocycles. The molecular weight excluding hydrogens is 419 g/mol. The van der Waals surface area contributed by atoms with Crippen LogP contribution in [0.15, 0.2) is 29.6 Å². The van der Waals surface area contributed by atoms with E-state index in [0.29, 0.717) is 43.4 Å². The van der Waals surface area contributed by atoms with Crippen molar-refractivity contribution < 1.29 is 19.0 Å². The molecule has 2 fully saturated rings. The fourth-order valence-corrected chi connectivity index (χ4v) is 5.27. The summed E-state index contributed by atoms with van der Waals surface area (Å²) in [5.41, 5.74) is 0.0882. The first kappa shape index (κ1) is 22.1. The van der Waals surface area contributed by atoms with Gasteiger partial charge >= 0.3 is 6.03 Å². The number of urea groups is 1. The van der Waals surface area contributed by atoms with Gasteiger partial charge in [-0.25, -0.2) is 14.2 Å². The van der Waals surface area contributed by atoms with E-state index >= 15 is 0 Å². The van der Waals surface area contributed by atoms with Gasteiger partial charge in [-0.1, -0.05) is 6.07 Å². The number of amides is 2. The summed E-state index contributed by atoms with van der Waals surface area (Å²) in [7, 11) is 1.73. The lowest BCUT2D eigenvalue weighted by Gasteiger charge is -2.37. The lowest BCUT2D eigenvalue weighted by atomic mass is 9.89. The average Bonchev–Trinajstić information content (AvgIpc) is 3.39. The van der Waals surface area contributed by atoms with E-state index in [4.69, 9.17) is 9.72 Å². The zero-order valence-electron chi connectivity index (χ0n) is 17.7. The minimum Gasteiger partial charge on any atom is -0.383 e. The Morgan fingerprint density at radius 3 is 2.94 bits per heavy atom. The summed E-state index contributed by atoms with van der Waals surface area (Å²) in [4.78, 5) is 21.3. The van der Waals surface area contributed by atoms with Crippen LogP contribution in [0.1, 0.15) is 36.4 Å². The molecule has 31 heavy (non-hydrogen) atoms. The van der Waals surface area contributed by atoms with Crippen molar-refractivity contribution in [3.8, 4) is 0 Å². The number of anilines is 1. The number of methoxy groups -OCH3 is 1. The molecule has 3 heterocycles. The van der Waals surface area contributed by atoms with E-state index in [1.165, 1.54) is 18.6 Å². The molecule has 0 saturated carbocycles. The van der Waals surface area contributed by atoms with Crippen LogP contribution in [0.2, 0.25) is 0 Å². The minimum atomic E-state index is -1.03. The standard InChI is InChI=1S/C22H29FN4O3S/c1-30-14-18-6-3-9-27(18)13-20-25-19(15-31-20)22(29)7-10-26(11-8-22)21(28)24-17-5-2-4-16(23)12-17/h2,4-5,12,15,18,29H,3,6-11,13-14H2,1H3,(H,24,28). The molecule has 0 radical (unpaired) electrons. The molecule has 9 heteroatoms. The number of benzene rings is 1. The van der Waals surface area contributed by atoms with Gasteiger partial charge in [-0.05, 0) is 50.4 Å². The third-order valence-corrected chi connectivity index (χ3v) is 7.01. The first-order valence-electron chi connectivity index (χ1n) is 10.7. The van der Waals surface area contributed by atoms with Crippen molar-refractivity contribution in [2.45, 2.75) is 43.9 Å². The highest BCUT2D eigenvalue weighted by atomic mass is 32.1. The zero-order chi connectivity index (χ0) is 21.8. The third-order valence-electron chi connectivity index (χ3n) is 6.18. The van der Waals surface area contributed by atoms with Crippen LogP contribution in [0, 0.1) is 5.82 Å². The molecular formula is C22H29FN4O3S. The molecule has 0 bridgehead atoms. The lowest BCUT2D eigenvalue weighted by Crippen LogP contribution is -2.46. The lowest BCUT2D eigenvalue weighted by molar-refractivity contribution is -0.0190. The number of carbonyl (C=O) groups is 1. The van der Waals surface area contributed by atoms with Gasteiger partial charge in [0.1, 0.15) is 16.4 Å². The number of thiazole rings is 1.